The van der Waals surface area contributed by atoms with Crippen molar-refractivity contribution in [3.05, 3.63) is 41.9 Å². The minimum absolute atomic E-state index is 0.00600. The molecule has 3 heterocycles. The van der Waals surface area contributed by atoms with Crippen molar-refractivity contribution in [3.63, 3.8) is 0 Å². The van der Waals surface area contributed by atoms with E-state index in [9.17, 15) is 4.79 Å². The van der Waals surface area contributed by atoms with Gasteiger partial charge in [0.1, 0.15) is 6.10 Å². The quantitative estimate of drug-likeness (QED) is 0.548. The van der Waals surface area contributed by atoms with E-state index in [0.29, 0.717) is 10.7 Å². The van der Waals surface area contributed by atoms with Gasteiger partial charge in [0.2, 0.25) is 5.16 Å². The zero-order chi connectivity index (χ0) is 16.5. The van der Waals surface area contributed by atoms with Crippen molar-refractivity contribution in [2.24, 2.45) is 0 Å². The first-order chi connectivity index (χ1) is 11.7. The average Bonchev–Trinajstić information content (AvgIpc) is 3.33. The van der Waals surface area contributed by atoms with Gasteiger partial charge in [0.15, 0.2) is 11.6 Å². The van der Waals surface area contributed by atoms with Gasteiger partial charge in [-0.1, -0.05) is 30.0 Å². The van der Waals surface area contributed by atoms with Crippen LogP contribution in [0.5, 0.6) is 0 Å². The number of ketones is 1. The van der Waals surface area contributed by atoms with Gasteiger partial charge < -0.3 is 9.72 Å². The fourth-order valence-corrected chi connectivity index (χ4v) is 3.75. The number of nitrogens with one attached hydrogen (secondary N) is 2. The van der Waals surface area contributed by atoms with Gasteiger partial charge in [0.25, 0.3) is 0 Å². The molecule has 0 amide bonds. The molecule has 24 heavy (non-hydrogen) atoms. The topological polar surface area (TPSA) is 83.7 Å². The first-order valence-corrected chi connectivity index (χ1v) is 8.91. The number of para-hydroxylation sites is 1. The second kappa shape index (κ2) is 6.41. The van der Waals surface area contributed by atoms with Gasteiger partial charge in [-0.15, -0.1) is 5.10 Å². The molecular formula is C17H18N4O2S. The highest BCUT2D eigenvalue weighted by Gasteiger charge is 2.24. The predicted molar refractivity (Wildman–Crippen MR) is 92.3 cm³/mol. The van der Waals surface area contributed by atoms with Crippen molar-refractivity contribution < 1.29 is 9.53 Å². The van der Waals surface area contributed by atoms with Crippen LogP contribution in [0.2, 0.25) is 0 Å². The smallest absolute Gasteiger partial charge is 0.209 e. The first kappa shape index (κ1) is 15.4. The molecular weight excluding hydrogens is 324 g/mol. The first-order valence-electron chi connectivity index (χ1n) is 8.03. The molecule has 7 heteroatoms. The summed E-state index contributed by atoms with van der Waals surface area (Å²) in [7, 11) is 0. The zero-order valence-corrected chi connectivity index (χ0v) is 14.1. The van der Waals surface area contributed by atoms with Crippen molar-refractivity contribution in [2.75, 3.05) is 6.61 Å². The number of nitrogens with zero attached hydrogens (tertiary/aromatic N) is 2. The van der Waals surface area contributed by atoms with Crippen LogP contribution in [0, 0.1) is 0 Å². The maximum absolute atomic E-state index is 12.8. The average molecular weight is 342 g/mol. The van der Waals surface area contributed by atoms with Gasteiger partial charge in [-0.05, 0) is 25.8 Å². The van der Waals surface area contributed by atoms with Crippen LogP contribution in [-0.2, 0) is 4.74 Å². The summed E-state index contributed by atoms with van der Waals surface area (Å²) in [4.78, 5) is 20.4. The van der Waals surface area contributed by atoms with Gasteiger partial charge in [-0.3, -0.25) is 9.89 Å². The van der Waals surface area contributed by atoms with E-state index in [-0.39, 0.29) is 17.1 Å². The maximum Gasteiger partial charge on any atom is 0.209 e. The normalized spacial score (nSPS) is 19.0. The number of carbonyl (C=O) groups excluding carboxylic acids is 1. The van der Waals surface area contributed by atoms with Gasteiger partial charge >= 0.3 is 0 Å². The van der Waals surface area contributed by atoms with Crippen LogP contribution in [-0.4, -0.2) is 37.8 Å². The van der Waals surface area contributed by atoms with E-state index < -0.39 is 0 Å². The third kappa shape index (κ3) is 2.85. The Morgan fingerprint density at radius 1 is 1.42 bits per heavy atom. The number of aromatic amines is 2. The summed E-state index contributed by atoms with van der Waals surface area (Å²) in [6.45, 7) is 2.65. The molecule has 6 nitrogen and oxygen atoms in total. The Balaban J connectivity index is 1.49. The molecule has 4 rings (SSSR count). The molecule has 0 radical (unpaired) electrons. The van der Waals surface area contributed by atoms with Crippen molar-refractivity contribution >= 4 is 28.4 Å². The van der Waals surface area contributed by atoms with Crippen molar-refractivity contribution in [1.29, 1.82) is 0 Å². The molecule has 1 saturated heterocycles. The number of Topliss-reactive ketones (excluding diaryl/α,β-unsaturated/α-hetero) is 1. The standard InChI is InChI=1S/C17H18N4O2S/c1-10(15(22)12-9-18-13-6-3-2-5-11(12)13)24-17-19-16(20-21-17)14-7-4-8-23-14/h2-3,5-6,9-10,14,18H,4,7-8H2,1H3,(H,19,20,21). The summed E-state index contributed by atoms with van der Waals surface area (Å²) in [6, 6.07) is 7.81. The largest absolute Gasteiger partial charge is 0.370 e. The summed E-state index contributed by atoms with van der Waals surface area (Å²) in [6.07, 6.45) is 3.79. The summed E-state index contributed by atoms with van der Waals surface area (Å²) < 4.78 is 5.60. The maximum atomic E-state index is 12.8. The lowest BCUT2D eigenvalue weighted by Gasteiger charge is -2.07. The van der Waals surface area contributed by atoms with E-state index in [1.165, 1.54) is 11.8 Å². The van der Waals surface area contributed by atoms with Gasteiger partial charge in [-0.25, -0.2) is 4.98 Å². The fourth-order valence-electron chi connectivity index (χ4n) is 2.95. The van der Waals surface area contributed by atoms with E-state index in [2.05, 4.69) is 20.2 Å². The second-order valence-corrected chi connectivity index (χ2v) is 7.19. The lowest BCUT2D eigenvalue weighted by molar-refractivity contribution is 0.0995. The fraction of sp³-hybridized carbons (Fsp3) is 0.353. The van der Waals surface area contributed by atoms with Crippen LogP contribution in [0.1, 0.15) is 42.1 Å². The molecule has 124 valence electrons. The number of aromatic nitrogens is 4. The monoisotopic (exact) mass is 342 g/mol. The molecule has 2 N–H and O–H groups in total. The molecule has 1 aliphatic heterocycles. The highest BCUT2D eigenvalue weighted by Crippen LogP contribution is 2.29. The Bertz CT molecular complexity index is 866. The molecule has 0 bridgehead atoms. The number of hydrogen-bond acceptors (Lipinski definition) is 5. The number of fused-ring (bicyclic) bond motifs is 1. The summed E-state index contributed by atoms with van der Waals surface area (Å²) in [5, 5.41) is 8.41. The minimum atomic E-state index is -0.266. The molecule has 0 spiro atoms. The van der Waals surface area contributed by atoms with Crippen LogP contribution in [0.3, 0.4) is 0 Å². The number of ether oxygens (including phenoxy) is 1. The van der Waals surface area contributed by atoms with Crippen LogP contribution in [0.15, 0.2) is 35.6 Å². The Morgan fingerprint density at radius 2 is 2.29 bits per heavy atom. The van der Waals surface area contributed by atoms with Crippen molar-refractivity contribution in [1.82, 2.24) is 20.2 Å². The number of carbonyl (C=O) groups is 1. The van der Waals surface area contributed by atoms with Gasteiger partial charge in [0, 0.05) is 29.3 Å². The Labute approximate surface area is 143 Å². The number of thioether (sulfide) groups is 1. The Hall–Kier alpha value is -2.12. The van der Waals surface area contributed by atoms with Crippen molar-refractivity contribution in [2.45, 2.75) is 36.3 Å². The van der Waals surface area contributed by atoms with E-state index >= 15 is 0 Å². The zero-order valence-electron chi connectivity index (χ0n) is 13.3. The molecule has 2 aromatic heterocycles. The van der Waals surface area contributed by atoms with E-state index in [1.807, 2.05) is 31.2 Å². The lowest BCUT2D eigenvalue weighted by atomic mass is 10.1. The molecule has 0 aliphatic carbocycles. The summed E-state index contributed by atoms with van der Waals surface area (Å²) in [5.74, 6) is 0.822. The van der Waals surface area contributed by atoms with Crippen LogP contribution >= 0.6 is 11.8 Å². The van der Waals surface area contributed by atoms with Gasteiger partial charge in [-0.2, -0.15) is 0 Å². The van der Waals surface area contributed by atoms with Gasteiger partial charge in [0.05, 0.1) is 5.25 Å². The molecule has 3 aromatic rings. The number of H-pyrrole nitrogens is 2. The molecule has 2 atom stereocenters. The van der Waals surface area contributed by atoms with E-state index in [4.69, 9.17) is 4.74 Å². The molecule has 2 unspecified atom stereocenters. The highest BCUT2D eigenvalue weighted by molar-refractivity contribution is 8.00. The van der Waals surface area contributed by atoms with Crippen LogP contribution in [0.25, 0.3) is 10.9 Å². The Morgan fingerprint density at radius 3 is 3.12 bits per heavy atom. The van der Waals surface area contributed by atoms with Crippen LogP contribution < -0.4 is 0 Å². The van der Waals surface area contributed by atoms with Crippen molar-refractivity contribution in [3.8, 4) is 0 Å². The lowest BCUT2D eigenvalue weighted by Crippen LogP contribution is -2.13. The van der Waals surface area contributed by atoms with Crippen LogP contribution in [0.4, 0.5) is 0 Å². The predicted octanol–water partition coefficient (Wildman–Crippen LogP) is 3.50. The van der Waals surface area contributed by atoms with E-state index in [1.54, 1.807) is 6.20 Å². The highest BCUT2D eigenvalue weighted by atomic mass is 32.2. The van der Waals surface area contributed by atoms with E-state index in [0.717, 1.165) is 36.2 Å². The molecule has 1 fully saturated rings. The SMILES string of the molecule is CC(Sc1n[nH]c(C2CCCO2)n1)C(=O)c1c[nH]c2ccccc12. The molecule has 1 aliphatic rings. The third-order valence-corrected chi connectivity index (χ3v) is 5.18. The third-order valence-electron chi connectivity index (χ3n) is 4.22. The number of benzene rings is 1. The second-order valence-electron chi connectivity index (χ2n) is 5.88. The summed E-state index contributed by atoms with van der Waals surface area (Å²) in [5.41, 5.74) is 1.68. The minimum Gasteiger partial charge on any atom is -0.370 e. The molecule has 1 aromatic carbocycles. The number of rotatable bonds is 5. The Kier molecular flexibility index (Phi) is 4.12. The summed E-state index contributed by atoms with van der Waals surface area (Å²) >= 11 is 1.37. The number of hydrogen-bond donors (Lipinski definition) is 2. The molecule has 0 saturated carbocycles.